The average Bonchev–Trinajstić information content (AvgIpc) is 2.87. The number of anilines is 2. The van der Waals surface area contributed by atoms with Crippen LogP contribution in [0.2, 0.25) is 0 Å². The molecule has 3 aromatic rings. The van der Waals surface area contributed by atoms with E-state index in [9.17, 15) is 14.9 Å². The van der Waals surface area contributed by atoms with Crippen molar-refractivity contribution in [3.05, 3.63) is 52.0 Å². The number of methoxy groups -OCH3 is 1. The first-order chi connectivity index (χ1) is 13.6. The van der Waals surface area contributed by atoms with Crippen LogP contribution in [0, 0.1) is 10.1 Å². The van der Waals surface area contributed by atoms with Gasteiger partial charge in [-0.15, -0.1) is 0 Å². The van der Waals surface area contributed by atoms with E-state index in [1.54, 1.807) is 0 Å². The van der Waals surface area contributed by atoms with Gasteiger partial charge in [-0.3, -0.25) is 10.1 Å². The maximum atomic E-state index is 11.6. The molecule has 0 saturated heterocycles. The molecule has 0 atom stereocenters. The van der Waals surface area contributed by atoms with Gasteiger partial charge in [-0.05, 0) is 31.0 Å². The molecule has 0 spiro atoms. The molecule has 4 rings (SSSR count). The lowest BCUT2D eigenvalue weighted by Gasteiger charge is -2.08. The third-order valence-corrected chi connectivity index (χ3v) is 4.86. The Morgan fingerprint density at radius 2 is 2.14 bits per heavy atom. The molecular formula is C19H19N5O4. The normalized spacial score (nSPS) is 13.6. The number of ether oxygens (including phenoxy) is 1. The van der Waals surface area contributed by atoms with Gasteiger partial charge in [-0.25, -0.2) is 14.8 Å². The molecule has 28 heavy (non-hydrogen) atoms. The summed E-state index contributed by atoms with van der Waals surface area (Å²) in [7, 11) is 1.21. The van der Waals surface area contributed by atoms with Crippen molar-refractivity contribution in [2.24, 2.45) is 0 Å². The zero-order valence-electron chi connectivity index (χ0n) is 15.3. The summed E-state index contributed by atoms with van der Waals surface area (Å²) < 4.78 is 6.84. The molecule has 0 bridgehead atoms. The Morgan fingerprint density at radius 3 is 2.93 bits per heavy atom. The fourth-order valence-corrected chi connectivity index (χ4v) is 3.48. The molecule has 9 nitrogen and oxygen atoms in total. The first kappa shape index (κ1) is 17.9. The monoisotopic (exact) mass is 381 g/mol. The van der Waals surface area contributed by atoms with Gasteiger partial charge in [0.1, 0.15) is 5.82 Å². The molecule has 2 aromatic heterocycles. The molecule has 0 amide bonds. The number of rotatable bonds is 4. The summed E-state index contributed by atoms with van der Waals surface area (Å²) >= 11 is 0. The molecule has 0 unspecified atom stereocenters. The lowest BCUT2D eigenvalue weighted by atomic mass is 10.2. The van der Waals surface area contributed by atoms with Crippen LogP contribution >= 0.6 is 0 Å². The van der Waals surface area contributed by atoms with E-state index >= 15 is 0 Å². The number of nitrogens with one attached hydrogen (secondary N) is 1. The van der Waals surface area contributed by atoms with Crippen LogP contribution in [-0.2, 0) is 17.7 Å². The smallest absolute Gasteiger partial charge is 0.339 e. The van der Waals surface area contributed by atoms with Gasteiger partial charge in [-0.1, -0.05) is 6.42 Å². The van der Waals surface area contributed by atoms with Gasteiger partial charge < -0.3 is 14.6 Å². The van der Waals surface area contributed by atoms with Crippen LogP contribution in [0.4, 0.5) is 17.2 Å². The summed E-state index contributed by atoms with van der Waals surface area (Å²) in [5.41, 5.74) is 2.26. The number of carbonyl (C=O) groups is 1. The molecule has 0 fully saturated rings. The van der Waals surface area contributed by atoms with Gasteiger partial charge in [0.05, 0.1) is 28.6 Å². The number of nitro groups is 1. The maximum absolute atomic E-state index is 11.6. The summed E-state index contributed by atoms with van der Waals surface area (Å²) in [6, 6.07) is 6.82. The highest BCUT2D eigenvalue weighted by atomic mass is 16.6. The minimum absolute atomic E-state index is 0.0213. The number of benzene rings is 1. The van der Waals surface area contributed by atoms with Gasteiger partial charge in [0.25, 0.3) is 0 Å². The lowest BCUT2D eigenvalue weighted by Crippen LogP contribution is -2.06. The Labute approximate surface area is 160 Å². The minimum Gasteiger partial charge on any atom is -0.465 e. The molecule has 1 N–H and O–H groups in total. The fourth-order valence-electron chi connectivity index (χ4n) is 3.48. The quantitative estimate of drug-likeness (QED) is 0.417. The third-order valence-electron chi connectivity index (χ3n) is 4.86. The highest BCUT2D eigenvalue weighted by molar-refractivity contribution is 5.90. The van der Waals surface area contributed by atoms with Crippen molar-refractivity contribution in [3.63, 3.8) is 0 Å². The van der Waals surface area contributed by atoms with Gasteiger partial charge >= 0.3 is 11.7 Å². The Morgan fingerprint density at radius 1 is 1.29 bits per heavy atom. The number of fused-ring (bicyclic) bond motifs is 3. The van der Waals surface area contributed by atoms with E-state index in [-0.39, 0.29) is 17.1 Å². The topological polar surface area (TPSA) is 112 Å². The standard InChI is InChI=1S/C19H19N5O4/c1-28-19(25)12-9-16(24(26)27)18(20-11-12)21-13-6-7-15-14(10-13)22-17-5-3-2-4-8-23(15)17/h6-7,9-11H,2-5,8H2,1H3,(H,20,21). The summed E-state index contributed by atoms with van der Waals surface area (Å²) in [5.74, 6) is 0.456. The van der Waals surface area contributed by atoms with E-state index in [2.05, 4.69) is 19.6 Å². The van der Waals surface area contributed by atoms with Gasteiger partial charge in [0.2, 0.25) is 5.82 Å². The van der Waals surface area contributed by atoms with Crippen LogP contribution in [0.15, 0.2) is 30.5 Å². The molecule has 9 heteroatoms. The predicted molar refractivity (Wildman–Crippen MR) is 103 cm³/mol. The van der Waals surface area contributed by atoms with Crippen LogP contribution in [-0.4, -0.2) is 32.5 Å². The number of carbonyl (C=O) groups excluding carboxylic acids is 1. The van der Waals surface area contributed by atoms with Crippen molar-refractivity contribution < 1.29 is 14.5 Å². The second-order valence-electron chi connectivity index (χ2n) is 6.66. The van der Waals surface area contributed by atoms with Crippen molar-refractivity contribution in [2.45, 2.75) is 32.2 Å². The molecule has 0 saturated carbocycles. The van der Waals surface area contributed by atoms with E-state index in [0.29, 0.717) is 5.69 Å². The number of aryl methyl sites for hydroxylation is 2. The van der Waals surface area contributed by atoms with Crippen molar-refractivity contribution in [3.8, 4) is 0 Å². The predicted octanol–water partition coefficient (Wildman–Crippen LogP) is 3.60. The molecule has 1 aliphatic heterocycles. The Hall–Kier alpha value is -3.49. The first-order valence-corrected chi connectivity index (χ1v) is 9.06. The molecule has 3 heterocycles. The highest BCUT2D eigenvalue weighted by Gasteiger charge is 2.20. The number of pyridine rings is 1. The summed E-state index contributed by atoms with van der Waals surface area (Å²) in [6.07, 6.45) is 5.69. The first-order valence-electron chi connectivity index (χ1n) is 9.06. The van der Waals surface area contributed by atoms with E-state index in [1.165, 1.54) is 19.7 Å². The van der Waals surface area contributed by atoms with E-state index < -0.39 is 10.9 Å². The van der Waals surface area contributed by atoms with Crippen molar-refractivity contribution >= 4 is 34.2 Å². The van der Waals surface area contributed by atoms with Gasteiger partial charge in [0, 0.05) is 30.9 Å². The molecular weight excluding hydrogens is 362 g/mol. The molecule has 1 aromatic carbocycles. The van der Waals surface area contributed by atoms with E-state index in [1.807, 2.05) is 18.2 Å². The number of hydrogen-bond acceptors (Lipinski definition) is 7. The number of nitrogens with zero attached hydrogens (tertiary/aromatic N) is 4. The van der Waals surface area contributed by atoms with Crippen LogP contribution in [0.1, 0.15) is 35.4 Å². The minimum atomic E-state index is -0.678. The number of imidazole rings is 1. The molecule has 0 aliphatic carbocycles. The van der Waals surface area contributed by atoms with Crippen molar-refractivity contribution in [1.29, 1.82) is 0 Å². The number of esters is 1. The van der Waals surface area contributed by atoms with Crippen LogP contribution < -0.4 is 5.32 Å². The largest absolute Gasteiger partial charge is 0.465 e. The summed E-state index contributed by atoms with van der Waals surface area (Å²) in [4.78, 5) is 31.2. The van der Waals surface area contributed by atoms with Crippen LogP contribution in [0.3, 0.4) is 0 Å². The second-order valence-corrected chi connectivity index (χ2v) is 6.66. The number of aromatic nitrogens is 3. The second kappa shape index (κ2) is 7.26. The Kier molecular flexibility index (Phi) is 4.64. The zero-order valence-corrected chi connectivity index (χ0v) is 15.3. The average molecular weight is 381 g/mol. The molecule has 144 valence electrons. The molecule has 0 radical (unpaired) electrons. The van der Waals surface area contributed by atoms with E-state index in [4.69, 9.17) is 4.98 Å². The lowest BCUT2D eigenvalue weighted by molar-refractivity contribution is -0.384. The van der Waals surface area contributed by atoms with Crippen LogP contribution in [0.25, 0.3) is 11.0 Å². The van der Waals surface area contributed by atoms with Crippen molar-refractivity contribution in [2.75, 3.05) is 12.4 Å². The SMILES string of the molecule is COC(=O)c1cnc(Nc2ccc3c(c2)nc2n3CCCCC2)c([N+](=O)[O-])c1. The zero-order chi connectivity index (χ0) is 19.7. The molecule has 1 aliphatic rings. The fraction of sp³-hybridized carbons (Fsp3) is 0.316. The third kappa shape index (κ3) is 3.26. The highest BCUT2D eigenvalue weighted by Crippen LogP contribution is 2.29. The van der Waals surface area contributed by atoms with Crippen LogP contribution in [0.5, 0.6) is 0 Å². The van der Waals surface area contributed by atoms with Gasteiger partial charge in [-0.2, -0.15) is 0 Å². The van der Waals surface area contributed by atoms with Crippen molar-refractivity contribution in [1.82, 2.24) is 14.5 Å². The van der Waals surface area contributed by atoms with Gasteiger partial charge in [0.15, 0.2) is 0 Å². The maximum Gasteiger partial charge on any atom is 0.339 e. The summed E-state index contributed by atoms with van der Waals surface area (Å²) in [6.45, 7) is 0.959. The van der Waals surface area contributed by atoms with E-state index in [0.717, 1.165) is 48.7 Å². The number of hydrogen-bond donors (Lipinski definition) is 1. The summed E-state index contributed by atoms with van der Waals surface area (Å²) in [5, 5.41) is 14.4. The Bertz CT molecular complexity index is 1080. The Balaban J connectivity index is 1.68.